The second-order valence-electron chi connectivity index (χ2n) is 8.85. The van der Waals surface area contributed by atoms with Crippen molar-refractivity contribution in [3.63, 3.8) is 0 Å². The van der Waals surface area contributed by atoms with Crippen molar-refractivity contribution in [2.45, 2.75) is 38.2 Å². The molecule has 31 heavy (non-hydrogen) atoms. The number of hydrogen-bond acceptors (Lipinski definition) is 7. The predicted octanol–water partition coefficient (Wildman–Crippen LogP) is 1.44. The molecule has 2 heterocycles. The number of anilines is 1. The highest BCUT2D eigenvalue weighted by molar-refractivity contribution is 7.89. The highest BCUT2D eigenvalue weighted by Gasteiger charge is 2.27. The van der Waals surface area contributed by atoms with E-state index in [1.54, 1.807) is 0 Å². The Morgan fingerprint density at radius 3 is 2.61 bits per heavy atom. The van der Waals surface area contributed by atoms with E-state index in [9.17, 15) is 13.5 Å². The van der Waals surface area contributed by atoms with Gasteiger partial charge < -0.3 is 19.5 Å². The van der Waals surface area contributed by atoms with Gasteiger partial charge in [-0.3, -0.25) is 4.90 Å². The van der Waals surface area contributed by atoms with Crippen molar-refractivity contribution >= 4 is 15.7 Å². The number of benzene rings is 1. The number of para-hydroxylation sites is 1. The summed E-state index contributed by atoms with van der Waals surface area (Å²) in [5, 5.41) is 9.30. The van der Waals surface area contributed by atoms with Crippen molar-refractivity contribution in [2.24, 2.45) is 5.92 Å². The first kappa shape index (κ1) is 22.6. The Morgan fingerprint density at radius 2 is 1.87 bits per heavy atom. The highest BCUT2D eigenvalue weighted by atomic mass is 32.2. The van der Waals surface area contributed by atoms with Gasteiger partial charge in [0.2, 0.25) is 10.0 Å². The molecule has 174 valence electrons. The minimum atomic E-state index is -3.19. The summed E-state index contributed by atoms with van der Waals surface area (Å²) in [6, 6.07) is 5.86. The maximum atomic E-state index is 12.4. The number of hydrogen-bond donors (Lipinski definition) is 2. The number of nitrogens with zero attached hydrogens (tertiary/aromatic N) is 2. The third-order valence-corrected chi connectivity index (χ3v) is 8.07. The van der Waals surface area contributed by atoms with E-state index in [0.717, 1.165) is 69.8 Å². The average molecular weight is 454 g/mol. The molecule has 9 heteroatoms. The smallest absolute Gasteiger partial charge is 0.211 e. The van der Waals surface area contributed by atoms with E-state index < -0.39 is 10.0 Å². The fourth-order valence-electron chi connectivity index (χ4n) is 4.77. The van der Waals surface area contributed by atoms with Crippen LogP contribution >= 0.6 is 0 Å². The molecule has 0 bridgehead atoms. The zero-order valence-corrected chi connectivity index (χ0v) is 19.0. The summed E-state index contributed by atoms with van der Waals surface area (Å²) in [5.74, 6) is 2.03. The largest absolute Gasteiger partial charge is 0.484 e. The van der Waals surface area contributed by atoms with E-state index in [-0.39, 0.29) is 18.5 Å². The zero-order valence-electron chi connectivity index (χ0n) is 18.2. The van der Waals surface area contributed by atoms with Gasteiger partial charge in [0.25, 0.3) is 0 Å². The monoisotopic (exact) mass is 453 g/mol. The molecule has 1 saturated heterocycles. The van der Waals surface area contributed by atoms with Crippen LogP contribution in [0.5, 0.6) is 11.5 Å². The van der Waals surface area contributed by atoms with Gasteiger partial charge in [-0.15, -0.1) is 0 Å². The normalized spacial score (nSPS) is 23.1. The summed E-state index contributed by atoms with van der Waals surface area (Å²) in [7, 11) is -3.19. The molecule has 2 aliphatic heterocycles. The van der Waals surface area contributed by atoms with E-state index in [2.05, 4.69) is 14.5 Å². The lowest BCUT2D eigenvalue weighted by Gasteiger charge is -2.38. The van der Waals surface area contributed by atoms with Crippen molar-refractivity contribution < 1.29 is 23.0 Å². The van der Waals surface area contributed by atoms with E-state index in [0.29, 0.717) is 24.8 Å². The standard InChI is InChI=1S/C22H35N3O5S/c26-15-19-16-29-22-20(7-4-8-21(22)30-19)25-13-11-24(12-14-25)10-9-23-31(27,28)17-18-5-2-1-3-6-18/h4,7-8,18-19,23,26H,1-3,5-6,9-17H2. The number of ether oxygens (including phenoxy) is 2. The Kier molecular flexibility index (Phi) is 7.58. The minimum Gasteiger partial charge on any atom is -0.484 e. The summed E-state index contributed by atoms with van der Waals surface area (Å²) >= 11 is 0. The molecule has 0 amide bonds. The number of aliphatic hydroxyl groups is 1. The Bertz CT molecular complexity index is 820. The maximum absolute atomic E-state index is 12.4. The Labute approximate surface area is 185 Å². The molecule has 3 aliphatic rings. The minimum absolute atomic E-state index is 0.0627. The number of aliphatic hydroxyl groups excluding tert-OH is 1. The summed E-state index contributed by atoms with van der Waals surface area (Å²) in [4.78, 5) is 4.58. The molecule has 2 N–H and O–H groups in total. The highest BCUT2D eigenvalue weighted by Crippen LogP contribution is 2.40. The van der Waals surface area contributed by atoms with Gasteiger partial charge in [-0.25, -0.2) is 13.1 Å². The molecule has 2 fully saturated rings. The van der Waals surface area contributed by atoms with Crippen molar-refractivity contribution in [3.8, 4) is 11.5 Å². The quantitative estimate of drug-likeness (QED) is 0.615. The van der Waals surface area contributed by atoms with Crippen LogP contribution in [0.25, 0.3) is 0 Å². The van der Waals surface area contributed by atoms with Crippen molar-refractivity contribution in [1.29, 1.82) is 0 Å². The first-order valence-electron chi connectivity index (χ1n) is 11.5. The number of fused-ring (bicyclic) bond motifs is 1. The second kappa shape index (κ2) is 10.4. The Hall–Kier alpha value is -1.55. The molecular weight excluding hydrogens is 418 g/mol. The Balaban J connectivity index is 1.22. The molecule has 1 unspecified atom stereocenters. The van der Waals surface area contributed by atoms with Crippen LogP contribution in [0.3, 0.4) is 0 Å². The fourth-order valence-corrected chi connectivity index (χ4v) is 6.24. The molecule has 1 aromatic rings. The lowest BCUT2D eigenvalue weighted by Crippen LogP contribution is -2.49. The van der Waals surface area contributed by atoms with Crippen LogP contribution < -0.4 is 19.1 Å². The van der Waals surface area contributed by atoms with Crippen LogP contribution in [0.15, 0.2) is 18.2 Å². The van der Waals surface area contributed by atoms with Crippen LogP contribution in [0.2, 0.25) is 0 Å². The van der Waals surface area contributed by atoms with Gasteiger partial charge in [-0.05, 0) is 30.9 Å². The second-order valence-corrected chi connectivity index (χ2v) is 10.7. The van der Waals surface area contributed by atoms with Crippen molar-refractivity contribution in [1.82, 2.24) is 9.62 Å². The van der Waals surface area contributed by atoms with Crippen LogP contribution in [-0.4, -0.2) is 82.8 Å². The molecule has 8 nitrogen and oxygen atoms in total. The third-order valence-electron chi connectivity index (χ3n) is 6.51. The average Bonchev–Trinajstić information content (AvgIpc) is 2.79. The van der Waals surface area contributed by atoms with Gasteiger partial charge >= 0.3 is 0 Å². The fraction of sp³-hybridized carbons (Fsp3) is 0.727. The lowest BCUT2D eigenvalue weighted by atomic mass is 9.91. The van der Waals surface area contributed by atoms with Crippen LogP contribution in [0.1, 0.15) is 32.1 Å². The van der Waals surface area contributed by atoms with Crippen LogP contribution in [0, 0.1) is 5.92 Å². The Morgan fingerprint density at radius 1 is 1.10 bits per heavy atom. The van der Waals surface area contributed by atoms with Crippen molar-refractivity contribution in [2.75, 3.05) is 63.1 Å². The summed E-state index contributed by atoms with van der Waals surface area (Å²) < 4.78 is 39.2. The molecule has 0 spiro atoms. The lowest BCUT2D eigenvalue weighted by molar-refractivity contribution is 0.0459. The molecule has 1 aromatic carbocycles. The molecule has 0 aromatic heterocycles. The van der Waals surface area contributed by atoms with E-state index in [1.165, 1.54) is 6.42 Å². The molecule has 0 radical (unpaired) electrons. The first-order chi connectivity index (χ1) is 15.0. The number of rotatable bonds is 8. The molecule has 4 rings (SSSR count). The van der Waals surface area contributed by atoms with Gasteiger partial charge in [0.1, 0.15) is 6.61 Å². The number of sulfonamides is 1. The summed E-state index contributed by atoms with van der Waals surface area (Å²) in [5.41, 5.74) is 1.02. The van der Waals surface area contributed by atoms with E-state index in [1.807, 2.05) is 18.2 Å². The summed E-state index contributed by atoms with van der Waals surface area (Å²) in [6.45, 7) is 4.91. The van der Waals surface area contributed by atoms with Crippen LogP contribution in [-0.2, 0) is 10.0 Å². The van der Waals surface area contributed by atoms with Gasteiger partial charge in [-0.1, -0.05) is 25.3 Å². The molecule has 1 aliphatic carbocycles. The third kappa shape index (κ3) is 6.03. The number of nitrogens with one attached hydrogen (secondary N) is 1. The van der Waals surface area contributed by atoms with E-state index >= 15 is 0 Å². The summed E-state index contributed by atoms with van der Waals surface area (Å²) in [6.07, 6.45) is 5.33. The van der Waals surface area contributed by atoms with Crippen molar-refractivity contribution in [3.05, 3.63) is 18.2 Å². The maximum Gasteiger partial charge on any atom is 0.211 e. The molecular formula is C22H35N3O5S. The van der Waals surface area contributed by atoms with Gasteiger partial charge in [-0.2, -0.15) is 0 Å². The SMILES string of the molecule is O=S(=O)(CC1CCCCC1)NCCN1CCN(c2cccc3c2OCC(CO)O3)CC1. The predicted molar refractivity (Wildman–Crippen MR) is 120 cm³/mol. The van der Waals surface area contributed by atoms with Gasteiger partial charge in [0.15, 0.2) is 17.6 Å². The van der Waals surface area contributed by atoms with Gasteiger partial charge in [0, 0.05) is 39.3 Å². The molecule has 1 saturated carbocycles. The number of piperazine rings is 1. The topological polar surface area (TPSA) is 91.3 Å². The molecule has 1 atom stereocenters. The zero-order chi connectivity index (χ0) is 21.7. The van der Waals surface area contributed by atoms with E-state index in [4.69, 9.17) is 9.47 Å². The van der Waals surface area contributed by atoms with Crippen LogP contribution in [0.4, 0.5) is 5.69 Å². The first-order valence-corrected chi connectivity index (χ1v) is 13.2. The van der Waals surface area contributed by atoms with Gasteiger partial charge in [0.05, 0.1) is 18.0 Å².